The lowest BCUT2D eigenvalue weighted by atomic mass is 9.81. The minimum Gasteiger partial charge on any atom is -0.478 e. The fourth-order valence-electron chi connectivity index (χ4n) is 8.47. The van der Waals surface area contributed by atoms with Crippen LogP contribution >= 0.6 is 0 Å². The van der Waals surface area contributed by atoms with E-state index in [2.05, 4.69) is 21.3 Å². The number of nitrogens with zero attached hydrogens (tertiary/aromatic N) is 2. The molecule has 0 unspecified atom stereocenters. The van der Waals surface area contributed by atoms with E-state index in [4.69, 9.17) is 20.6 Å². The third-order valence-electron chi connectivity index (χ3n) is 11.7. The summed E-state index contributed by atoms with van der Waals surface area (Å²) in [5, 5.41) is 29.5. The average molecular weight is 912 g/mol. The Morgan fingerprint density at radius 1 is 0.877 bits per heavy atom. The molecular weight excluding hydrogens is 847 g/mol. The van der Waals surface area contributed by atoms with Crippen LogP contribution in [0.25, 0.3) is 0 Å². The molecule has 20 heteroatoms. The molecule has 0 bridgehead atoms. The Morgan fingerprint density at radius 2 is 1.43 bits per heavy atom. The maximum atomic E-state index is 14.5. The van der Waals surface area contributed by atoms with E-state index in [1.165, 1.54) is 36.4 Å². The van der Waals surface area contributed by atoms with Crippen LogP contribution in [0.3, 0.4) is 0 Å². The Balaban J connectivity index is 0.00000269. The molecule has 358 valence electrons. The first-order valence-electron chi connectivity index (χ1n) is 22.2. The zero-order valence-corrected chi connectivity index (χ0v) is 37.9. The molecule has 65 heavy (non-hydrogen) atoms. The largest absolute Gasteiger partial charge is 0.478 e. The number of carboxylic acids is 1. The topological polar surface area (TPSA) is 304 Å². The van der Waals surface area contributed by atoms with Crippen molar-refractivity contribution in [3.05, 3.63) is 57.7 Å². The van der Waals surface area contributed by atoms with Gasteiger partial charge in [0.05, 0.1) is 24.3 Å². The number of esters is 1. The van der Waals surface area contributed by atoms with Gasteiger partial charge in [0.25, 0.3) is 5.91 Å². The number of nitrogens with two attached hydrogens (primary N) is 1. The van der Waals surface area contributed by atoms with Crippen LogP contribution in [-0.4, -0.2) is 119 Å². The number of primary amides is 1. The highest BCUT2D eigenvalue weighted by Crippen LogP contribution is 2.30. The van der Waals surface area contributed by atoms with Crippen molar-refractivity contribution in [2.24, 2.45) is 23.0 Å². The summed E-state index contributed by atoms with van der Waals surface area (Å²) in [6, 6.07) is -0.519. The van der Waals surface area contributed by atoms with E-state index in [1.807, 2.05) is 0 Å². The maximum absolute atomic E-state index is 14.5. The highest BCUT2D eigenvalue weighted by Gasteiger charge is 2.46. The molecule has 1 aromatic carbocycles. The second-order valence-corrected chi connectivity index (χ2v) is 17.8. The second-order valence-electron chi connectivity index (χ2n) is 17.8. The normalized spacial score (nSPS) is 18.8. The minimum atomic E-state index is -1.36. The summed E-state index contributed by atoms with van der Waals surface area (Å²) in [6.07, 6.45) is 10.5. The molecule has 1 aromatic rings. The fourth-order valence-corrected chi connectivity index (χ4v) is 8.47. The van der Waals surface area contributed by atoms with Crippen LogP contribution in [0.2, 0.25) is 0 Å². The summed E-state index contributed by atoms with van der Waals surface area (Å²) >= 11 is 0. The number of aromatic carboxylic acids is 1. The average Bonchev–Trinajstić information content (AvgIpc) is 3.65. The van der Waals surface area contributed by atoms with E-state index in [-0.39, 0.29) is 48.8 Å². The Morgan fingerprint density at radius 3 is 1.95 bits per heavy atom. The van der Waals surface area contributed by atoms with Gasteiger partial charge in [-0.3, -0.25) is 43.7 Å². The fraction of sp³-hybridized carbons (Fsp3) is 0.622. The summed E-state index contributed by atoms with van der Waals surface area (Å²) in [7, 11) is 0.889. The molecule has 6 amide bonds. The molecule has 2 aliphatic carbocycles. The Kier molecular flexibility index (Phi) is 20.7. The number of allylic oxidation sites excluding steroid dienone is 1. The molecule has 1 heterocycles. The van der Waals surface area contributed by atoms with Gasteiger partial charge in [0.2, 0.25) is 29.5 Å². The molecule has 4 rings (SSSR count). The van der Waals surface area contributed by atoms with E-state index in [1.54, 1.807) is 27.7 Å². The van der Waals surface area contributed by atoms with Crippen LogP contribution in [0.5, 0.6) is 0 Å². The molecule has 7 N–H and O–H groups in total. The summed E-state index contributed by atoms with van der Waals surface area (Å²) in [5.74, 6) is -7.14. The monoisotopic (exact) mass is 911 g/mol. The number of likely N-dealkylation sites (tertiary alicyclic amines) is 1. The van der Waals surface area contributed by atoms with Crippen LogP contribution in [0.15, 0.2) is 36.4 Å². The molecule has 5 atom stereocenters. The van der Waals surface area contributed by atoms with Gasteiger partial charge in [-0.1, -0.05) is 77.5 Å². The zero-order valence-electron chi connectivity index (χ0n) is 37.9. The Hall–Kier alpha value is -6.21. The minimum absolute atomic E-state index is 0.0804. The van der Waals surface area contributed by atoms with E-state index < -0.39 is 100 Å². The number of nitrogens with one attached hydrogen (secondary N) is 4. The Bertz CT molecular complexity index is 1930. The van der Waals surface area contributed by atoms with Gasteiger partial charge in [-0.05, 0) is 74.8 Å². The molecule has 0 aromatic heterocycles. The standard InChI is InChI=1S/C44H62N6O11.CH3NO2/c1-5-61-33(52)23-15-14-22-31(46-38(54)29-20-12-13-21-30(29)43(59)60)39(55)49-36(44(2,3)4)42(58)50-25-28(51)24-32(50)40(56)48-35(27-18-10-7-11-19-27)41(57)47-34(37(45)53)26-16-8-6-9-17-26;1-2(3)4/h12-13,15,20-21,23,26-27,31-32,34-36H,5-11,14,16-19,22,24-25H2,1-4H3,(H2,45,53)(H,46,54)(H,47,57)(H,48,56)(H,49,55)(H,59,60);1H3/b23-15+;/t31-,32-,34-,35-,36+;/m0./s1. The Labute approximate surface area is 378 Å². The second kappa shape index (κ2) is 25.3. The first-order chi connectivity index (χ1) is 30.7. The lowest BCUT2D eigenvalue weighted by molar-refractivity contribution is -0.445. The quantitative estimate of drug-likeness (QED) is 0.0535. The number of hydrogen-bond acceptors (Lipinski definition) is 12. The SMILES string of the molecule is CCOC(=O)/C=C/CC[C@H](NC(=O)c1ccccc1C(=O)O)C(=O)N[C@H](C(=O)N1CC(=O)C[C@H]1C(=O)N[C@H](C(=O)N[C@H](C(N)=O)C1CCCCC1)C1CCCCC1)C(C)(C)C.C[N+](=O)[O-]. The number of carbonyl (C=O) groups excluding carboxylic acids is 8. The van der Waals surface area contributed by atoms with Crippen molar-refractivity contribution in [1.82, 2.24) is 26.2 Å². The van der Waals surface area contributed by atoms with Gasteiger partial charge < -0.3 is 41.7 Å². The van der Waals surface area contributed by atoms with Crippen LogP contribution in [-0.2, 0) is 38.3 Å². The van der Waals surface area contributed by atoms with Crippen molar-refractivity contribution in [1.29, 1.82) is 0 Å². The van der Waals surface area contributed by atoms with Gasteiger partial charge in [-0.2, -0.15) is 0 Å². The maximum Gasteiger partial charge on any atom is 0.336 e. The number of Topliss-reactive ketones (excluding diaryl/α,β-unsaturated/α-hetero) is 1. The number of rotatable bonds is 18. The van der Waals surface area contributed by atoms with E-state index >= 15 is 0 Å². The number of carboxylic acid groups (broad SMARTS) is 1. The van der Waals surface area contributed by atoms with E-state index in [0.29, 0.717) is 12.8 Å². The van der Waals surface area contributed by atoms with Crippen molar-refractivity contribution < 1.29 is 57.9 Å². The van der Waals surface area contributed by atoms with Crippen molar-refractivity contribution >= 4 is 53.2 Å². The number of benzene rings is 1. The molecule has 0 radical (unpaired) electrons. The van der Waals surface area contributed by atoms with Gasteiger partial charge in [0.15, 0.2) is 12.8 Å². The third-order valence-corrected chi connectivity index (χ3v) is 11.7. The first-order valence-corrected chi connectivity index (χ1v) is 22.2. The predicted octanol–water partition coefficient (Wildman–Crippen LogP) is 2.59. The molecule has 1 saturated heterocycles. The number of ether oxygens (including phenoxy) is 1. The highest BCUT2D eigenvalue weighted by atomic mass is 16.6. The first kappa shape index (κ1) is 53.1. The van der Waals surface area contributed by atoms with Gasteiger partial charge >= 0.3 is 11.9 Å². The van der Waals surface area contributed by atoms with Crippen LogP contribution in [0.1, 0.15) is 132 Å². The molecule has 3 fully saturated rings. The lowest BCUT2D eigenvalue weighted by Crippen LogP contribution is -2.62. The summed E-state index contributed by atoms with van der Waals surface area (Å²) in [4.78, 5) is 129. The van der Waals surface area contributed by atoms with Crippen molar-refractivity contribution in [2.45, 2.75) is 141 Å². The number of amides is 6. The number of nitro groups is 1. The number of ketones is 1. The summed E-state index contributed by atoms with van der Waals surface area (Å²) < 4.78 is 4.90. The van der Waals surface area contributed by atoms with E-state index in [9.17, 15) is 48.3 Å². The van der Waals surface area contributed by atoms with Gasteiger partial charge in [0.1, 0.15) is 30.2 Å². The van der Waals surface area contributed by atoms with Crippen molar-refractivity contribution in [3.63, 3.8) is 0 Å². The number of carbonyl (C=O) groups is 9. The smallest absolute Gasteiger partial charge is 0.336 e. The lowest BCUT2D eigenvalue weighted by Gasteiger charge is -2.37. The van der Waals surface area contributed by atoms with Crippen molar-refractivity contribution in [3.8, 4) is 0 Å². The van der Waals surface area contributed by atoms with E-state index in [0.717, 1.165) is 63.3 Å². The zero-order chi connectivity index (χ0) is 48.4. The van der Waals surface area contributed by atoms with Gasteiger partial charge in [-0.15, -0.1) is 0 Å². The van der Waals surface area contributed by atoms with Gasteiger partial charge in [-0.25, -0.2) is 9.59 Å². The van der Waals surface area contributed by atoms with Crippen LogP contribution < -0.4 is 27.0 Å². The molecule has 0 spiro atoms. The van der Waals surface area contributed by atoms with Crippen LogP contribution in [0.4, 0.5) is 0 Å². The van der Waals surface area contributed by atoms with Crippen LogP contribution in [0, 0.1) is 27.4 Å². The molecular formula is C45H65N7O13. The third kappa shape index (κ3) is 16.4. The summed E-state index contributed by atoms with van der Waals surface area (Å²) in [5.41, 5.74) is 4.26. The van der Waals surface area contributed by atoms with Gasteiger partial charge in [0, 0.05) is 17.4 Å². The highest BCUT2D eigenvalue weighted by molar-refractivity contribution is 6.06. The number of hydrogen-bond donors (Lipinski definition) is 6. The summed E-state index contributed by atoms with van der Waals surface area (Å²) in [6.45, 7) is 6.38. The molecule has 3 aliphatic rings. The molecule has 2 saturated carbocycles. The van der Waals surface area contributed by atoms with Crippen molar-refractivity contribution in [2.75, 3.05) is 20.2 Å². The molecule has 1 aliphatic heterocycles. The molecule has 20 nitrogen and oxygen atoms in total. The predicted molar refractivity (Wildman–Crippen MR) is 235 cm³/mol.